The van der Waals surface area contributed by atoms with E-state index in [0.29, 0.717) is 5.89 Å². The Labute approximate surface area is 123 Å². The maximum atomic E-state index is 12.3. The molecule has 0 bridgehead atoms. The summed E-state index contributed by atoms with van der Waals surface area (Å²) >= 11 is 0. The molecule has 0 N–H and O–H groups in total. The summed E-state index contributed by atoms with van der Waals surface area (Å²) in [5.74, 6) is 0.476. The molecule has 0 saturated carbocycles. The van der Waals surface area contributed by atoms with Gasteiger partial charge in [-0.05, 0) is 26.1 Å². The van der Waals surface area contributed by atoms with Crippen LogP contribution in [0, 0.1) is 0 Å². The molecule has 0 aliphatic carbocycles. The lowest BCUT2D eigenvalue weighted by molar-refractivity contribution is -0.130. The average Bonchev–Trinajstić information content (AvgIpc) is 2.87. The molecule has 1 aromatic heterocycles. The van der Waals surface area contributed by atoms with Gasteiger partial charge in [0.05, 0.1) is 0 Å². The Balaban J connectivity index is 1.71. The number of carbonyl (C=O) groups is 1. The fourth-order valence-corrected chi connectivity index (χ4v) is 2.67. The number of piperazine rings is 1. The molecule has 110 valence electrons. The molecule has 0 spiro atoms. The highest BCUT2D eigenvalue weighted by molar-refractivity contribution is 5.91. The molecule has 1 amide bonds. The van der Waals surface area contributed by atoms with E-state index in [1.54, 1.807) is 12.2 Å². The van der Waals surface area contributed by atoms with Crippen LogP contribution in [-0.4, -0.2) is 53.4 Å². The van der Waals surface area contributed by atoms with Crippen LogP contribution in [0.3, 0.4) is 0 Å². The monoisotopic (exact) mass is 285 g/mol. The summed E-state index contributed by atoms with van der Waals surface area (Å²) in [5.41, 5.74) is 1.54. The quantitative estimate of drug-likeness (QED) is 0.792. The van der Waals surface area contributed by atoms with Crippen LogP contribution in [0.25, 0.3) is 17.2 Å². The van der Waals surface area contributed by atoms with Crippen LogP contribution in [0.2, 0.25) is 0 Å². The molecule has 2 aromatic rings. The van der Waals surface area contributed by atoms with Crippen molar-refractivity contribution in [2.24, 2.45) is 0 Å². The molecule has 21 heavy (non-hydrogen) atoms. The number of para-hydroxylation sites is 2. The van der Waals surface area contributed by atoms with E-state index >= 15 is 0 Å². The molecule has 1 saturated heterocycles. The van der Waals surface area contributed by atoms with Gasteiger partial charge in [-0.15, -0.1) is 0 Å². The summed E-state index contributed by atoms with van der Waals surface area (Å²) in [5, 5.41) is 0. The van der Waals surface area contributed by atoms with E-state index in [9.17, 15) is 4.79 Å². The Kier molecular flexibility index (Phi) is 3.75. The van der Waals surface area contributed by atoms with E-state index in [1.807, 2.05) is 29.2 Å². The van der Waals surface area contributed by atoms with Crippen molar-refractivity contribution in [2.45, 2.75) is 13.0 Å². The second-order valence-corrected chi connectivity index (χ2v) is 5.50. The highest BCUT2D eigenvalue weighted by atomic mass is 16.3. The van der Waals surface area contributed by atoms with Crippen molar-refractivity contribution in [1.82, 2.24) is 14.8 Å². The summed E-state index contributed by atoms with van der Waals surface area (Å²) < 4.78 is 5.57. The molecule has 3 rings (SSSR count). The van der Waals surface area contributed by atoms with Gasteiger partial charge in [0.15, 0.2) is 5.58 Å². The fraction of sp³-hybridized carbons (Fsp3) is 0.375. The third-order valence-corrected chi connectivity index (χ3v) is 3.79. The topological polar surface area (TPSA) is 49.6 Å². The number of carbonyl (C=O) groups excluding carboxylic acids is 1. The predicted molar refractivity (Wildman–Crippen MR) is 81.7 cm³/mol. The lowest BCUT2D eigenvalue weighted by atomic mass is 10.2. The van der Waals surface area contributed by atoms with Crippen LogP contribution in [0.5, 0.6) is 0 Å². The maximum absolute atomic E-state index is 12.3. The zero-order chi connectivity index (χ0) is 14.8. The number of hydrogen-bond donors (Lipinski definition) is 0. The number of rotatable bonds is 2. The number of oxazole rings is 1. The molecule has 5 heteroatoms. The van der Waals surface area contributed by atoms with Gasteiger partial charge in [-0.3, -0.25) is 4.79 Å². The van der Waals surface area contributed by atoms with Crippen molar-refractivity contribution in [3.05, 3.63) is 36.2 Å². The summed E-state index contributed by atoms with van der Waals surface area (Å²) in [4.78, 5) is 20.7. The summed E-state index contributed by atoms with van der Waals surface area (Å²) in [6, 6.07) is 7.79. The summed E-state index contributed by atoms with van der Waals surface area (Å²) in [6.45, 7) is 4.64. The third kappa shape index (κ3) is 2.97. The Hall–Kier alpha value is -2.14. The van der Waals surface area contributed by atoms with E-state index in [4.69, 9.17) is 4.42 Å². The normalized spacial score (nSPS) is 20.5. The number of likely N-dealkylation sites (N-methyl/N-ethyl adjacent to an activating group) is 1. The highest BCUT2D eigenvalue weighted by Gasteiger charge is 2.24. The maximum Gasteiger partial charge on any atom is 0.247 e. The van der Waals surface area contributed by atoms with Crippen LogP contribution in [0.1, 0.15) is 12.8 Å². The molecule has 1 atom stereocenters. The Bertz CT molecular complexity index is 644. The molecule has 1 unspecified atom stereocenters. The number of hydrogen-bond acceptors (Lipinski definition) is 4. The first kappa shape index (κ1) is 13.8. The third-order valence-electron chi connectivity index (χ3n) is 3.79. The van der Waals surface area contributed by atoms with Crippen molar-refractivity contribution in [1.29, 1.82) is 0 Å². The van der Waals surface area contributed by atoms with Gasteiger partial charge in [-0.2, -0.15) is 0 Å². The summed E-state index contributed by atoms with van der Waals surface area (Å²) in [7, 11) is 2.08. The first-order chi connectivity index (χ1) is 10.1. The molecule has 5 nitrogen and oxygen atoms in total. The average molecular weight is 285 g/mol. The molecule has 0 radical (unpaired) electrons. The predicted octanol–water partition coefficient (Wildman–Crippen LogP) is 2.00. The van der Waals surface area contributed by atoms with Crippen LogP contribution < -0.4 is 0 Å². The minimum Gasteiger partial charge on any atom is -0.437 e. The van der Waals surface area contributed by atoms with Gasteiger partial charge in [0.25, 0.3) is 0 Å². The zero-order valence-electron chi connectivity index (χ0n) is 12.3. The smallest absolute Gasteiger partial charge is 0.247 e. The van der Waals surface area contributed by atoms with E-state index in [0.717, 1.165) is 30.7 Å². The van der Waals surface area contributed by atoms with Crippen LogP contribution >= 0.6 is 0 Å². The Morgan fingerprint density at radius 3 is 2.95 bits per heavy atom. The molecule has 1 aliphatic rings. The van der Waals surface area contributed by atoms with Crippen molar-refractivity contribution < 1.29 is 9.21 Å². The van der Waals surface area contributed by atoms with Crippen molar-refractivity contribution in [3.8, 4) is 0 Å². The van der Waals surface area contributed by atoms with E-state index in [-0.39, 0.29) is 11.9 Å². The van der Waals surface area contributed by atoms with Crippen LogP contribution in [-0.2, 0) is 4.79 Å². The Morgan fingerprint density at radius 2 is 2.19 bits per heavy atom. The second-order valence-electron chi connectivity index (χ2n) is 5.50. The van der Waals surface area contributed by atoms with Crippen LogP contribution in [0.4, 0.5) is 0 Å². The molecular weight excluding hydrogens is 266 g/mol. The molecule has 1 fully saturated rings. The van der Waals surface area contributed by atoms with Gasteiger partial charge in [0.2, 0.25) is 11.8 Å². The molecule has 1 aliphatic heterocycles. The van der Waals surface area contributed by atoms with Gasteiger partial charge in [-0.1, -0.05) is 12.1 Å². The van der Waals surface area contributed by atoms with E-state index in [1.165, 1.54) is 0 Å². The van der Waals surface area contributed by atoms with Gasteiger partial charge in [-0.25, -0.2) is 4.98 Å². The fourth-order valence-electron chi connectivity index (χ4n) is 2.67. The largest absolute Gasteiger partial charge is 0.437 e. The molecule has 1 aromatic carbocycles. The molecule has 2 heterocycles. The van der Waals surface area contributed by atoms with Crippen molar-refractivity contribution in [3.63, 3.8) is 0 Å². The minimum atomic E-state index is 0.0119. The van der Waals surface area contributed by atoms with Crippen molar-refractivity contribution in [2.75, 3.05) is 26.7 Å². The number of nitrogens with zero attached hydrogens (tertiary/aromatic N) is 3. The lowest BCUT2D eigenvalue weighted by Crippen LogP contribution is -2.52. The van der Waals surface area contributed by atoms with Crippen molar-refractivity contribution >= 4 is 23.1 Å². The highest BCUT2D eigenvalue weighted by Crippen LogP contribution is 2.16. The van der Waals surface area contributed by atoms with Gasteiger partial charge in [0.1, 0.15) is 5.52 Å². The number of amides is 1. The number of aromatic nitrogens is 1. The lowest BCUT2D eigenvalue weighted by Gasteiger charge is -2.37. The van der Waals surface area contributed by atoms with Crippen LogP contribution in [0.15, 0.2) is 34.8 Å². The van der Waals surface area contributed by atoms with Gasteiger partial charge < -0.3 is 14.2 Å². The molecular formula is C16H19N3O2. The zero-order valence-corrected chi connectivity index (χ0v) is 12.3. The number of benzene rings is 1. The number of fused-ring (bicyclic) bond motifs is 1. The second kappa shape index (κ2) is 5.69. The summed E-state index contributed by atoms with van der Waals surface area (Å²) in [6.07, 6.45) is 3.19. The Morgan fingerprint density at radius 1 is 1.38 bits per heavy atom. The van der Waals surface area contributed by atoms with E-state index < -0.39 is 0 Å². The first-order valence-corrected chi connectivity index (χ1v) is 7.16. The minimum absolute atomic E-state index is 0.0119. The van der Waals surface area contributed by atoms with Gasteiger partial charge in [0, 0.05) is 37.8 Å². The van der Waals surface area contributed by atoms with Gasteiger partial charge >= 0.3 is 0 Å². The van der Waals surface area contributed by atoms with E-state index in [2.05, 4.69) is 23.9 Å². The SMILES string of the molecule is CC1CN(C)CCN1C(=O)C=Cc1nc2ccccc2o1. The first-order valence-electron chi connectivity index (χ1n) is 7.16. The standard InChI is InChI=1S/C16H19N3O2/c1-12-11-18(2)9-10-19(12)16(20)8-7-15-17-13-5-3-4-6-14(13)21-15/h3-8,12H,9-11H2,1-2H3.